The minimum Gasteiger partial charge on any atom is -0.382 e. The van der Waals surface area contributed by atoms with E-state index in [9.17, 15) is 9.90 Å². The van der Waals surface area contributed by atoms with Crippen molar-refractivity contribution < 1.29 is 5.11 Å². The highest BCUT2D eigenvalue weighted by Gasteiger charge is 2.38. The molecule has 0 spiro atoms. The molecule has 9 nitrogen and oxygen atoms in total. The van der Waals surface area contributed by atoms with Crippen LogP contribution in [0.3, 0.4) is 0 Å². The molecule has 0 saturated carbocycles. The number of nitrogens with zero attached hydrogens (tertiary/aromatic N) is 5. The third-order valence-corrected chi connectivity index (χ3v) is 4.89. The van der Waals surface area contributed by atoms with Gasteiger partial charge in [-0.25, -0.2) is 19.6 Å². The van der Waals surface area contributed by atoms with Crippen LogP contribution in [-0.4, -0.2) is 47.2 Å². The summed E-state index contributed by atoms with van der Waals surface area (Å²) in [4.78, 5) is 18.6. The van der Waals surface area contributed by atoms with Gasteiger partial charge in [-0.15, -0.1) is 0 Å². The Morgan fingerprint density at radius 3 is 2.81 bits per heavy atom. The molecule has 1 aromatic carbocycles. The Bertz CT molecular complexity index is 940. The van der Waals surface area contributed by atoms with Crippen LogP contribution in [0.2, 0.25) is 10.0 Å². The average molecular weight is 412 g/mol. The number of aliphatic hydroxyl groups is 1. The van der Waals surface area contributed by atoms with Crippen molar-refractivity contribution in [3.63, 3.8) is 0 Å². The van der Waals surface area contributed by atoms with Crippen molar-refractivity contribution >= 4 is 23.2 Å². The predicted molar refractivity (Wildman–Crippen MR) is 101 cm³/mol. The second kappa shape index (κ2) is 8.22. The number of H-pyrrole nitrogens is 1. The molecule has 0 unspecified atom stereocenters. The lowest BCUT2D eigenvalue weighted by Crippen LogP contribution is -2.50. The Balaban J connectivity index is 1.80. The molecule has 0 saturated heterocycles. The number of rotatable bonds is 8. The lowest BCUT2D eigenvalue weighted by atomic mass is 9.86. The van der Waals surface area contributed by atoms with E-state index in [1.807, 2.05) is 6.92 Å². The Kier molecular flexibility index (Phi) is 5.95. The molecule has 0 aliphatic carbocycles. The first kappa shape index (κ1) is 19.6. The summed E-state index contributed by atoms with van der Waals surface area (Å²) in [6.45, 7) is 2.95. The number of nitrogens with one attached hydrogen (secondary N) is 2. The normalized spacial score (nSPS) is 14.8. The van der Waals surface area contributed by atoms with Gasteiger partial charge in [0.15, 0.2) is 0 Å². The van der Waals surface area contributed by atoms with Crippen molar-refractivity contribution in [1.29, 1.82) is 0 Å². The summed E-state index contributed by atoms with van der Waals surface area (Å²) in [5.41, 5.74) is -1.25. The Morgan fingerprint density at radius 2 is 2.19 bits per heavy atom. The van der Waals surface area contributed by atoms with E-state index in [4.69, 9.17) is 23.2 Å². The third-order valence-electron chi connectivity index (χ3n) is 4.34. The fourth-order valence-corrected chi connectivity index (χ4v) is 3.42. The van der Waals surface area contributed by atoms with E-state index >= 15 is 0 Å². The fraction of sp³-hybridized carbons (Fsp3) is 0.375. The average Bonchev–Trinajstić information content (AvgIpc) is 3.26. The number of hydrogen-bond donors (Lipinski definition) is 3. The maximum Gasteiger partial charge on any atom is 0.361 e. The smallest absolute Gasteiger partial charge is 0.361 e. The molecule has 0 aliphatic heterocycles. The summed E-state index contributed by atoms with van der Waals surface area (Å²) in [6.07, 6.45) is 4.35. The number of aromatic amines is 1. The van der Waals surface area contributed by atoms with Gasteiger partial charge in [-0.05, 0) is 19.1 Å². The zero-order valence-electron chi connectivity index (χ0n) is 14.5. The molecule has 0 radical (unpaired) electrons. The first-order valence-corrected chi connectivity index (χ1v) is 8.99. The topological polar surface area (TPSA) is 114 Å². The van der Waals surface area contributed by atoms with E-state index in [1.54, 1.807) is 22.9 Å². The van der Waals surface area contributed by atoms with Crippen molar-refractivity contribution in [2.45, 2.75) is 31.7 Å². The number of benzene rings is 1. The van der Waals surface area contributed by atoms with Gasteiger partial charge in [0, 0.05) is 28.2 Å². The van der Waals surface area contributed by atoms with E-state index in [2.05, 4.69) is 25.5 Å². The highest BCUT2D eigenvalue weighted by atomic mass is 35.5. The summed E-state index contributed by atoms with van der Waals surface area (Å²) in [6, 6.07) is 4.56. The van der Waals surface area contributed by atoms with Crippen LogP contribution in [0.15, 0.2) is 42.0 Å². The Labute approximate surface area is 165 Å². The maximum absolute atomic E-state index is 11.5. The first-order chi connectivity index (χ1) is 12.9. The number of hydrogen-bond acceptors (Lipinski definition) is 6. The molecule has 0 bridgehead atoms. The lowest BCUT2D eigenvalue weighted by molar-refractivity contribution is -0.0171. The molecule has 144 valence electrons. The van der Waals surface area contributed by atoms with Crippen LogP contribution in [-0.2, 0) is 18.7 Å². The van der Waals surface area contributed by atoms with Crippen LogP contribution in [0.25, 0.3) is 0 Å². The largest absolute Gasteiger partial charge is 0.382 e. The van der Waals surface area contributed by atoms with E-state index in [0.29, 0.717) is 28.7 Å². The van der Waals surface area contributed by atoms with Gasteiger partial charge in [0.2, 0.25) is 0 Å². The minimum absolute atomic E-state index is 0.143. The lowest BCUT2D eigenvalue weighted by Gasteiger charge is -2.36. The van der Waals surface area contributed by atoms with Crippen LogP contribution in [0, 0.1) is 0 Å². The highest BCUT2D eigenvalue weighted by Crippen LogP contribution is 2.34. The molecular weight excluding hydrogens is 393 g/mol. The molecule has 3 aromatic rings. The van der Waals surface area contributed by atoms with Gasteiger partial charge in [0.05, 0.1) is 13.1 Å². The second-order valence-corrected chi connectivity index (χ2v) is 7.02. The van der Waals surface area contributed by atoms with Gasteiger partial charge < -0.3 is 10.4 Å². The minimum atomic E-state index is -1.38. The van der Waals surface area contributed by atoms with Gasteiger partial charge in [0.1, 0.15) is 24.6 Å². The standard InChI is InChI=1S/C16H19Cl2N7O2/c1-11(20-4-5-24-10-21-15(26)23-24)16(27,7-25-9-19-8-22-25)13-3-2-12(17)6-14(13)18/h2-3,6,8-11,20,27H,4-5,7H2,1H3,(H,23,26)/t11-,16-/m1/s1. The van der Waals surface area contributed by atoms with Crippen molar-refractivity contribution in [3.8, 4) is 0 Å². The summed E-state index contributed by atoms with van der Waals surface area (Å²) in [7, 11) is 0. The summed E-state index contributed by atoms with van der Waals surface area (Å²) in [5, 5.41) is 22.3. The molecule has 3 rings (SSSR count). The molecule has 2 aromatic heterocycles. The van der Waals surface area contributed by atoms with Crippen molar-refractivity contribution in [2.75, 3.05) is 6.54 Å². The number of halogens is 2. The first-order valence-electron chi connectivity index (χ1n) is 8.23. The summed E-state index contributed by atoms with van der Waals surface area (Å²) >= 11 is 12.4. The van der Waals surface area contributed by atoms with Gasteiger partial charge in [-0.2, -0.15) is 10.1 Å². The quantitative estimate of drug-likeness (QED) is 0.510. The summed E-state index contributed by atoms with van der Waals surface area (Å²) in [5.74, 6) is 0. The molecule has 0 aliphatic rings. The van der Waals surface area contributed by atoms with Gasteiger partial charge in [0.25, 0.3) is 0 Å². The van der Waals surface area contributed by atoms with Gasteiger partial charge >= 0.3 is 5.69 Å². The molecule has 0 amide bonds. The van der Waals surface area contributed by atoms with E-state index in [0.717, 1.165) is 0 Å². The Morgan fingerprint density at radius 1 is 1.37 bits per heavy atom. The SMILES string of the molecule is C[C@@H](NCCn1cnc(=O)[nH]1)[C@](O)(Cn1cncn1)c1ccc(Cl)cc1Cl. The van der Waals surface area contributed by atoms with Gasteiger partial charge in [-0.1, -0.05) is 29.3 Å². The third kappa shape index (κ3) is 4.56. The van der Waals surface area contributed by atoms with Crippen LogP contribution in [0.5, 0.6) is 0 Å². The molecule has 2 atom stereocenters. The van der Waals surface area contributed by atoms with E-state index in [1.165, 1.54) is 23.7 Å². The molecule has 2 heterocycles. The molecule has 11 heteroatoms. The van der Waals surface area contributed by atoms with E-state index < -0.39 is 17.3 Å². The van der Waals surface area contributed by atoms with Crippen molar-refractivity contribution in [3.05, 3.63) is 63.3 Å². The molecule has 0 fully saturated rings. The number of aromatic nitrogens is 6. The van der Waals surface area contributed by atoms with Crippen LogP contribution in [0.4, 0.5) is 0 Å². The van der Waals surface area contributed by atoms with Crippen LogP contribution < -0.4 is 11.0 Å². The zero-order chi connectivity index (χ0) is 19.4. The van der Waals surface area contributed by atoms with Crippen LogP contribution >= 0.6 is 23.2 Å². The predicted octanol–water partition coefficient (Wildman–Crippen LogP) is 1.04. The molecule has 27 heavy (non-hydrogen) atoms. The fourth-order valence-electron chi connectivity index (χ4n) is 2.84. The summed E-state index contributed by atoms with van der Waals surface area (Å²) < 4.78 is 3.10. The molecular formula is C16H19Cl2N7O2. The monoisotopic (exact) mass is 411 g/mol. The van der Waals surface area contributed by atoms with Crippen molar-refractivity contribution in [1.82, 2.24) is 34.8 Å². The molecule has 3 N–H and O–H groups in total. The highest BCUT2D eigenvalue weighted by molar-refractivity contribution is 6.35. The van der Waals surface area contributed by atoms with Crippen molar-refractivity contribution in [2.24, 2.45) is 0 Å². The van der Waals surface area contributed by atoms with Crippen LogP contribution in [0.1, 0.15) is 12.5 Å². The zero-order valence-corrected chi connectivity index (χ0v) is 16.0. The second-order valence-electron chi connectivity index (χ2n) is 6.17. The maximum atomic E-state index is 11.5. The Hall–Kier alpha value is -2.20. The van der Waals surface area contributed by atoms with Gasteiger partial charge in [-0.3, -0.25) is 4.68 Å². The van der Waals surface area contributed by atoms with E-state index in [-0.39, 0.29) is 6.54 Å².